The fraction of sp³-hybridized carbons (Fsp3) is 0.625. The normalized spacial score (nSPS) is 19.7. The van der Waals surface area contributed by atoms with Gasteiger partial charge in [0, 0.05) is 42.6 Å². The van der Waals surface area contributed by atoms with Crippen LogP contribution in [-0.4, -0.2) is 43.6 Å². The molecule has 4 rings (SSSR count). The third-order valence-corrected chi connectivity index (χ3v) is 7.61. The van der Waals surface area contributed by atoms with E-state index in [4.69, 9.17) is 4.74 Å². The van der Waals surface area contributed by atoms with Gasteiger partial charge in [-0.25, -0.2) is 0 Å². The summed E-state index contributed by atoms with van der Waals surface area (Å²) in [4.78, 5) is 13.1. The first-order valence-electron chi connectivity index (χ1n) is 11.6. The number of allylic oxidation sites excluding steroid dienone is 1. The fourth-order valence-electron chi connectivity index (χ4n) is 4.93. The molecular weight excluding hydrogens is 408 g/mol. The number of rotatable bonds is 9. The highest BCUT2D eigenvalue weighted by Crippen LogP contribution is 2.33. The number of Topliss-reactive ketones (excluding diaryl/α,β-unsaturated/α-hetero) is 1. The Morgan fingerprint density at radius 2 is 2.00 bits per heavy atom. The van der Waals surface area contributed by atoms with Gasteiger partial charge in [0.25, 0.3) is 0 Å². The van der Waals surface area contributed by atoms with Gasteiger partial charge in [-0.1, -0.05) is 37.1 Å². The zero-order valence-electron chi connectivity index (χ0n) is 18.8. The molecule has 7 heteroatoms. The standard InChI is InChI=1S/C24H34N4O2S/c1-4-12-27-23(19-9-6-5-7-10-19)25-26-24(27)31-16-22(29)21-14-17(2)28(18(21)3)15-20-11-8-13-30-20/h4,14,19-20H,1,5-13,15-16H2,2-3H3/t20-/m0/s1. The molecule has 0 aromatic carbocycles. The molecule has 2 fully saturated rings. The van der Waals surface area contributed by atoms with E-state index in [0.717, 1.165) is 53.9 Å². The first-order valence-corrected chi connectivity index (χ1v) is 12.6. The second kappa shape index (κ2) is 10.2. The largest absolute Gasteiger partial charge is 0.376 e. The molecule has 2 aromatic rings. The molecule has 0 N–H and O–H groups in total. The van der Waals surface area contributed by atoms with Gasteiger partial charge in [0.05, 0.1) is 11.9 Å². The first-order chi connectivity index (χ1) is 15.1. The van der Waals surface area contributed by atoms with E-state index >= 15 is 0 Å². The lowest BCUT2D eigenvalue weighted by atomic mass is 9.89. The Morgan fingerprint density at radius 3 is 2.71 bits per heavy atom. The number of hydrogen-bond donors (Lipinski definition) is 0. The van der Waals surface area contributed by atoms with Crippen molar-refractivity contribution >= 4 is 17.5 Å². The highest BCUT2D eigenvalue weighted by Gasteiger charge is 2.25. The van der Waals surface area contributed by atoms with Crippen LogP contribution in [0.4, 0.5) is 0 Å². The molecule has 2 aromatic heterocycles. The van der Waals surface area contributed by atoms with Gasteiger partial charge in [-0.05, 0) is 45.6 Å². The Kier molecular flexibility index (Phi) is 7.33. The van der Waals surface area contributed by atoms with E-state index in [1.165, 1.54) is 43.9 Å². The molecule has 168 valence electrons. The minimum atomic E-state index is 0.143. The van der Waals surface area contributed by atoms with Crippen molar-refractivity contribution in [1.29, 1.82) is 0 Å². The van der Waals surface area contributed by atoms with Crippen molar-refractivity contribution in [3.8, 4) is 0 Å². The summed E-state index contributed by atoms with van der Waals surface area (Å²) in [5.41, 5.74) is 2.97. The van der Waals surface area contributed by atoms with Gasteiger partial charge in [0.15, 0.2) is 10.9 Å². The van der Waals surface area contributed by atoms with Crippen LogP contribution in [0, 0.1) is 13.8 Å². The monoisotopic (exact) mass is 442 g/mol. The van der Waals surface area contributed by atoms with Crippen LogP contribution in [0.5, 0.6) is 0 Å². The molecule has 0 amide bonds. The van der Waals surface area contributed by atoms with Gasteiger partial charge in [-0.15, -0.1) is 16.8 Å². The maximum absolute atomic E-state index is 13.1. The molecule has 1 atom stereocenters. The van der Waals surface area contributed by atoms with Gasteiger partial charge < -0.3 is 13.9 Å². The number of nitrogens with zero attached hydrogens (tertiary/aromatic N) is 4. The van der Waals surface area contributed by atoms with E-state index in [9.17, 15) is 4.79 Å². The second-order valence-electron chi connectivity index (χ2n) is 8.82. The average molecular weight is 443 g/mol. The quantitative estimate of drug-likeness (QED) is 0.308. The van der Waals surface area contributed by atoms with E-state index in [-0.39, 0.29) is 11.9 Å². The van der Waals surface area contributed by atoms with Crippen LogP contribution < -0.4 is 0 Å². The van der Waals surface area contributed by atoms with Gasteiger partial charge in [0.2, 0.25) is 0 Å². The van der Waals surface area contributed by atoms with Crippen molar-refractivity contribution in [2.75, 3.05) is 12.4 Å². The van der Waals surface area contributed by atoms with E-state index in [2.05, 4.69) is 32.8 Å². The van der Waals surface area contributed by atoms with Gasteiger partial charge in [-0.2, -0.15) is 0 Å². The number of ether oxygens (including phenoxy) is 1. The third-order valence-electron chi connectivity index (χ3n) is 6.64. The Hall–Kier alpha value is -1.86. The number of ketones is 1. The minimum absolute atomic E-state index is 0.143. The number of thioether (sulfide) groups is 1. The summed E-state index contributed by atoms with van der Waals surface area (Å²) in [5, 5.41) is 9.78. The lowest BCUT2D eigenvalue weighted by Gasteiger charge is -2.21. The van der Waals surface area contributed by atoms with Gasteiger partial charge in [0.1, 0.15) is 5.82 Å². The molecular formula is C24H34N4O2S. The second-order valence-corrected chi connectivity index (χ2v) is 9.76. The lowest BCUT2D eigenvalue weighted by Crippen LogP contribution is -2.17. The zero-order valence-corrected chi connectivity index (χ0v) is 19.6. The molecule has 1 aliphatic heterocycles. The molecule has 6 nitrogen and oxygen atoms in total. The van der Waals surface area contributed by atoms with Gasteiger partial charge in [-0.3, -0.25) is 4.79 Å². The van der Waals surface area contributed by atoms with Crippen molar-refractivity contribution in [2.45, 2.75) is 89.1 Å². The van der Waals surface area contributed by atoms with E-state index in [0.29, 0.717) is 18.2 Å². The number of aromatic nitrogens is 4. The maximum atomic E-state index is 13.1. The number of carbonyl (C=O) groups is 1. The van der Waals surface area contributed by atoms with Crippen molar-refractivity contribution < 1.29 is 9.53 Å². The first kappa shape index (κ1) is 22.3. The summed E-state index contributed by atoms with van der Waals surface area (Å²) in [6.07, 6.45) is 10.6. The molecule has 3 heterocycles. The molecule has 0 radical (unpaired) electrons. The van der Waals surface area contributed by atoms with Crippen LogP contribution in [0.3, 0.4) is 0 Å². The highest BCUT2D eigenvalue weighted by molar-refractivity contribution is 7.99. The summed E-state index contributed by atoms with van der Waals surface area (Å²) < 4.78 is 10.2. The van der Waals surface area contributed by atoms with Crippen LogP contribution in [0.1, 0.15) is 78.4 Å². The summed E-state index contributed by atoms with van der Waals surface area (Å²) in [7, 11) is 0. The van der Waals surface area contributed by atoms with Crippen molar-refractivity contribution in [2.24, 2.45) is 0 Å². The molecule has 0 spiro atoms. The van der Waals surface area contributed by atoms with Crippen LogP contribution in [-0.2, 0) is 17.8 Å². The SMILES string of the molecule is C=CCn1c(SCC(=O)c2cc(C)n(C[C@@H]3CCCO3)c2C)nnc1C1CCCCC1. The Bertz CT molecular complexity index is 920. The van der Waals surface area contributed by atoms with Crippen LogP contribution >= 0.6 is 11.8 Å². The zero-order chi connectivity index (χ0) is 21.8. The smallest absolute Gasteiger partial charge is 0.191 e. The topological polar surface area (TPSA) is 61.9 Å². The Morgan fingerprint density at radius 1 is 1.19 bits per heavy atom. The summed E-state index contributed by atoms with van der Waals surface area (Å²) in [6.45, 7) is 10.4. The van der Waals surface area contributed by atoms with E-state index < -0.39 is 0 Å². The lowest BCUT2D eigenvalue weighted by molar-refractivity contribution is 0.0957. The molecule has 2 aliphatic rings. The Labute approximate surface area is 189 Å². The van der Waals surface area contributed by atoms with Crippen molar-refractivity contribution in [3.05, 3.63) is 41.5 Å². The van der Waals surface area contributed by atoms with Gasteiger partial charge >= 0.3 is 0 Å². The fourth-order valence-corrected chi connectivity index (χ4v) is 5.77. The van der Waals surface area contributed by atoms with E-state index in [1.54, 1.807) is 0 Å². The number of aryl methyl sites for hydroxylation is 1. The molecule has 1 saturated carbocycles. The Balaban J connectivity index is 1.45. The average Bonchev–Trinajstić information content (AvgIpc) is 3.50. The van der Waals surface area contributed by atoms with Crippen LogP contribution in [0.15, 0.2) is 23.9 Å². The minimum Gasteiger partial charge on any atom is -0.376 e. The maximum Gasteiger partial charge on any atom is 0.191 e. The number of hydrogen-bond acceptors (Lipinski definition) is 5. The van der Waals surface area contributed by atoms with Crippen molar-refractivity contribution in [3.63, 3.8) is 0 Å². The summed E-state index contributed by atoms with van der Waals surface area (Å²) in [5.74, 6) is 2.04. The molecule has 1 aliphatic carbocycles. The number of carbonyl (C=O) groups excluding carboxylic acids is 1. The van der Waals surface area contributed by atoms with Crippen LogP contribution in [0.2, 0.25) is 0 Å². The van der Waals surface area contributed by atoms with E-state index in [1.807, 2.05) is 19.1 Å². The van der Waals surface area contributed by atoms with Crippen molar-refractivity contribution in [1.82, 2.24) is 19.3 Å². The predicted molar refractivity (Wildman–Crippen MR) is 124 cm³/mol. The van der Waals surface area contributed by atoms with Crippen LogP contribution in [0.25, 0.3) is 0 Å². The molecule has 31 heavy (non-hydrogen) atoms. The molecule has 0 bridgehead atoms. The molecule has 0 unspecified atom stereocenters. The molecule has 1 saturated heterocycles. The summed E-state index contributed by atoms with van der Waals surface area (Å²) >= 11 is 1.49. The summed E-state index contributed by atoms with van der Waals surface area (Å²) in [6, 6.07) is 2.02. The third kappa shape index (κ3) is 4.98. The predicted octanol–water partition coefficient (Wildman–Crippen LogP) is 5.08. The highest BCUT2D eigenvalue weighted by atomic mass is 32.2.